The summed E-state index contributed by atoms with van der Waals surface area (Å²) in [5, 5.41) is 0. The Bertz CT molecular complexity index is 607. The fourth-order valence-corrected chi connectivity index (χ4v) is 1.58. The molecule has 0 aliphatic carbocycles. The van der Waals surface area contributed by atoms with Gasteiger partial charge in [-0.05, 0) is 31.5 Å². The molecule has 1 nitrogen and oxygen atoms in total. The molecule has 0 saturated heterocycles. The van der Waals surface area contributed by atoms with Gasteiger partial charge in [0.25, 0.3) is 0 Å². The first-order valence-electron chi connectivity index (χ1n) is 6.70. The Morgan fingerprint density at radius 2 is 1.52 bits per heavy atom. The second-order valence-corrected chi connectivity index (χ2v) is 4.94. The maximum absolute atomic E-state index is 13.0. The predicted molar refractivity (Wildman–Crippen MR) is 80.5 cm³/mol. The first-order chi connectivity index (χ1) is 10.6. The standard InChI is InChI=1S/C17H17F5O/c1-12(4-6-13(2)16(18,19)17(20,21)22)5-7-14-8-10-15(23-3)11-9-14/h4-11H,1-3H3/b7-5+,12-4+,13-6+. The number of allylic oxidation sites excluding steroid dienone is 5. The van der Waals surface area contributed by atoms with Crippen molar-refractivity contribution >= 4 is 6.08 Å². The van der Waals surface area contributed by atoms with Crippen LogP contribution in [-0.2, 0) is 0 Å². The molecule has 0 heterocycles. The molecule has 0 fully saturated rings. The van der Waals surface area contributed by atoms with E-state index in [2.05, 4.69) is 0 Å². The minimum atomic E-state index is -5.59. The molecule has 0 aliphatic heterocycles. The Hall–Kier alpha value is -2.11. The number of hydrogen-bond acceptors (Lipinski definition) is 1. The van der Waals surface area contributed by atoms with Crippen LogP contribution in [0, 0.1) is 0 Å². The van der Waals surface area contributed by atoms with Crippen LogP contribution in [0.4, 0.5) is 22.0 Å². The zero-order valence-corrected chi connectivity index (χ0v) is 12.9. The molecule has 0 atom stereocenters. The summed E-state index contributed by atoms with van der Waals surface area (Å²) in [6.45, 7) is 2.36. The molecule has 0 radical (unpaired) electrons. The molecule has 0 N–H and O–H groups in total. The van der Waals surface area contributed by atoms with Crippen molar-refractivity contribution in [1.29, 1.82) is 0 Å². The van der Waals surface area contributed by atoms with E-state index in [0.29, 0.717) is 11.3 Å². The van der Waals surface area contributed by atoms with E-state index in [1.54, 1.807) is 50.5 Å². The minimum Gasteiger partial charge on any atom is -0.497 e. The first-order valence-corrected chi connectivity index (χ1v) is 6.70. The molecular weight excluding hydrogens is 315 g/mol. The van der Waals surface area contributed by atoms with Crippen LogP contribution in [0.5, 0.6) is 5.75 Å². The van der Waals surface area contributed by atoms with Crippen molar-refractivity contribution in [3.63, 3.8) is 0 Å². The molecule has 0 bridgehead atoms. The lowest BCUT2D eigenvalue weighted by Crippen LogP contribution is -2.37. The zero-order valence-electron chi connectivity index (χ0n) is 12.9. The summed E-state index contributed by atoms with van der Waals surface area (Å²) in [6.07, 6.45) is -0.252. The van der Waals surface area contributed by atoms with Crippen molar-refractivity contribution in [3.8, 4) is 5.75 Å². The van der Waals surface area contributed by atoms with Gasteiger partial charge in [0.05, 0.1) is 7.11 Å². The van der Waals surface area contributed by atoms with Gasteiger partial charge in [0.2, 0.25) is 0 Å². The maximum Gasteiger partial charge on any atom is 0.457 e. The minimum absolute atomic E-state index is 0.540. The third-order valence-corrected chi connectivity index (χ3v) is 3.10. The van der Waals surface area contributed by atoms with E-state index >= 15 is 0 Å². The number of halogens is 5. The summed E-state index contributed by atoms with van der Waals surface area (Å²) in [5.74, 6) is -4.13. The van der Waals surface area contributed by atoms with E-state index in [-0.39, 0.29) is 0 Å². The van der Waals surface area contributed by atoms with Crippen molar-refractivity contribution in [1.82, 2.24) is 0 Å². The summed E-state index contributed by atoms with van der Waals surface area (Å²) >= 11 is 0. The number of ether oxygens (including phenoxy) is 1. The van der Waals surface area contributed by atoms with Gasteiger partial charge in [0.1, 0.15) is 5.75 Å². The molecule has 1 aromatic rings. The smallest absolute Gasteiger partial charge is 0.457 e. The average molecular weight is 332 g/mol. The van der Waals surface area contributed by atoms with Crippen LogP contribution >= 0.6 is 0 Å². The summed E-state index contributed by atoms with van der Waals surface area (Å²) in [6, 6.07) is 7.10. The molecule has 6 heteroatoms. The van der Waals surface area contributed by atoms with Gasteiger partial charge in [-0.15, -0.1) is 0 Å². The van der Waals surface area contributed by atoms with Crippen LogP contribution in [0.25, 0.3) is 6.08 Å². The van der Waals surface area contributed by atoms with Crippen molar-refractivity contribution in [2.45, 2.75) is 25.9 Å². The molecule has 0 aromatic heterocycles. The van der Waals surface area contributed by atoms with Crippen molar-refractivity contribution in [3.05, 3.63) is 59.2 Å². The lowest BCUT2D eigenvalue weighted by Gasteiger charge is -2.19. The van der Waals surface area contributed by atoms with E-state index in [1.165, 1.54) is 6.08 Å². The van der Waals surface area contributed by atoms with Crippen LogP contribution in [0.2, 0.25) is 0 Å². The van der Waals surface area contributed by atoms with Gasteiger partial charge < -0.3 is 4.74 Å². The van der Waals surface area contributed by atoms with Crippen LogP contribution < -0.4 is 4.74 Å². The van der Waals surface area contributed by atoms with Gasteiger partial charge in [0, 0.05) is 5.57 Å². The maximum atomic E-state index is 13.0. The summed E-state index contributed by atoms with van der Waals surface area (Å²) < 4.78 is 67.7. The number of alkyl halides is 5. The van der Waals surface area contributed by atoms with Gasteiger partial charge in [-0.3, -0.25) is 0 Å². The molecular formula is C17H17F5O. The predicted octanol–water partition coefficient (Wildman–Crippen LogP) is 5.80. The largest absolute Gasteiger partial charge is 0.497 e. The monoisotopic (exact) mass is 332 g/mol. The van der Waals surface area contributed by atoms with E-state index in [4.69, 9.17) is 4.74 Å². The lowest BCUT2D eigenvalue weighted by atomic mass is 10.1. The highest BCUT2D eigenvalue weighted by molar-refractivity contribution is 5.54. The summed E-state index contributed by atoms with van der Waals surface area (Å²) in [4.78, 5) is 0. The fraction of sp³-hybridized carbons (Fsp3) is 0.294. The summed E-state index contributed by atoms with van der Waals surface area (Å²) in [7, 11) is 1.54. The molecule has 0 spiro atoms. The molecule has 0 amide bonds. The van der Waals surface area contributed by atoms with Gasteiger partial charge in [-0.2, -0.15) is 22.0 Å². The van der Waals surface area contributed by atoms with Gasteiger partial charge in [-0.1, -0.05) is 42.0 Å². The normalized spacial score (nSPS) is 14.4. The first kappa shape index (κ1) is 18.9. The Morgan fingerprint density at radius 3 is 2.00 bits per heavy atom. The molecule has 0 unspecified atom stereocenters. The fourth-order valence-electron chi connectivity index (χ4n) is 1.58. The second kappa shape index (κ2) is 7.44. The molecule has 1 aromatic carbocycles. The van der Waals surface area contributed by atoms with Crippen LogP contribution in [-0.4, -0.2) is 19.2 Å². The molecule has 1 rings (SSSR count). The number of methoxy groups -OCH3 is 1. The Morgan fingerprint density at radius 1 is 0.957 bits per heavy atom. The van der Waals surface area contributed by atoms with Gasteiger partial charge >= 0.3 is 12.1 Å². The van der Waals surface area contributed by atoms with Crippen molar-refractivity contribution < 1.29 is 26.7 Å². The third-order valence-electron chi connectivity index (χ3n) is 3.10. The zero-order chi connectivity index (χ0) is 17.7. The van der Waals surface area contributed by atoms with Crippen LogP contribution in [0.1, 0.15) is 19.4 Å². The van der Waals surface area contributed by atoms with Crippen molar-refractivity contribution in [2.75, 3.05) is 7.11 Å². The third kappa shape index (κ3) is 5.23. The Kier molecular flexibility index (Phi) is 6.12. The number of hydrogen-bond donors (Lipinski definition) is 0. The molecule has 0 saturated carbocycles. The SMILES string of the molecule is COc1ccc(/C=C/C(C)=C/C=C(\C)C(F)(F)C(F)(F)F)cc1. The molecule has 0 aliphatic rings. The Balaban J connectivity index is 2.84. The Labute approximate surface area is 131 Å². The van der Waals surface area contributed by atoms with Crippen molar-refractivity contribution in [2.24, 2.45) is 0 Å². The van der Waals surface area contributed by atoms with E-state index in [1.807, 2.05) is 0 Å². The van der Waals surface area contributed by atoms with E-state index in [9.17, 15) is 22.0 Å². The quantitative estimate of drug-likeness (QED) is 0.489. The lowest BCUT2D eigenvalue weighted by molar-refractivity contribution is -0.264. The average Bonchev–Trinajstić information content (AvgIpc) is 2.49. The number of rotatable bonds is 5. The van der Waals surface area contributed by atoms with Crippen LogP contribution in [0.15, 0.2) is 53.6 Å². The van der Waals surface area contributed by atoms with Gasteiger partial charge in [-0.25, -0.2) is 0 Å². The topological polar surface area (TPSA) is 9.23 Å². The molecule has 126 valence electrons. The summed E-state index contributed by atoms with van der Waals surface area (Å²) in [5.41, 5.74) is 0.334. The van der Waals surface area contributed by atoms with E-state index in [0.717, 1.165) is 18.6 Å². The highest BCUT2D eigenvalue weighted by Crippen LogP contribution is 2.40. The van der Waals surface area contributed by atoms with E-state index < -0.39 is 17.7 Å². The second-order valence-electron chi connectivity index (χ2n) is 4.94. The number of benzene rings is 1. The highest BCUT2D eigenvalue weighted by Gasteiger charge is 2.58. The molecule has 23 heavy (non-hydrogen) atoms. The highest BCUT2D eigenvalue weighted by atomic mass is 19.4. The van der Waals surface area contributed by atoms with Crippen LogP contribution in [0.3, 0.4) is 0 Å². The van der Waals surface area contributed by atoms with Gasteiger partial charge in [0.15, 0.2) is 0 Å².